The zero-order valence-corrected chi connectivity index (χ0v) is 8.14. The number of rotatable bonds is 3. The molecule has 0 aromatic carbocycles. The average molecular weight is 176 g/mol. The minimum absolute atomic E-state index is 0.326. The second-order valence-electron chi connectivity index (χ2n) is 3.77. The van der Waals surface area contributed by atoms with Gasteiger partial charge in [-0.1, -0.05) is 19.3 Å². The summed E-state index contributed by atoms with van der Waals surface area (Å²) in [5, 5.41) is 12.2. The number of nitrogens with zero attached hydrogens (tertiary/aromatic N) is 1. The lowest BCUT2D eigenvalue weighted by Crippen LogP contribution is -2.41. The van der Waals surface area contributed by atoms with Crippen molar-refractivity contribution in [3.05, 3.63) is 0 Å². The van der Waals surface area contributed by atoms with E-state index in [9.17, 15) is 0 Å². The van der Waals surface area contributed by atoms with Gasteiger partial charge in [0.2, 0.25) is 0 Å². The zero-order valence-electron chi connectivity index (χ0n) is 8.14. The number of nitriles is 1. The summed E-state index contributed by atoms with van der Waals surface area (Å²) in [6.07, 6.45) is 9.40. The third-order valence-electron chi connectivity index (χ3n) is 2.94. The molecule has 0 spiro atoms. The Hall–Kier alpha value is -0.990. The summed E-state index contributed by atoms with van der Waals surface area (Å²) < 4.78 is 0. The Balaban J connectivity index is 2.54. The lowest BCUT2D eigenvalue weighted by atomic mass is 9.97. The fraction of sp³-hybridized carbons (Fsp3) is 0.727. The van der Waals surface area contributed by atoms with Crippen molar-refractivity contribution in [3.8, 4) is 18.4 Å². The molecule has 0 aliphatic heterocycles. The fourth-order valence-corrected chi connectivity index (χ4v) is 2.02. The van der Waals surface area contributed by atoms with Crippen LogP contribution in [0, 0.1) is 29.6 Å². The zero-order chi connectivity index (χ0) is 9.73. The minimum Gasteiger partial charge on any atom is -0.288 e. The molecule has 1 N–H and O–H groups in total. The summed E-state index contributed by atoms with van der Waals surface area (Å²) in [5.41, 5.74) is -0.326. The van der Waals surface area contributed by atoms with Crippen LogP contribution in [0.5, 0.6) is 0 Å². The van der Waals surface area contributed by atoms with Gasteiger partial charge in [-0.05, 0) is 25.2 Å². The molecular weight excluding hydrogens is 160 g/mol. The van der Waals surface area contributed by atoms with E-state index in [2.05, 4.69) is 24.2 Å². The van der Waals surface area contributed by atoms with Gasteiger partial charge in [-0.2, -0.15) is 5.26 Å². The normalized spacial score (nSPS) is 32.4. The summed E-state index contributed by atoms with van der Waals surface area (Å²) in [6, 6.07) is 2.37. The van der Waals surface area contributed by atoms with Crippen LogP contribution in [0.2, 0.25) is 0 Å². The molecular formula is C11H16N2. The predicted octanol–water partition coefficient (Wildman–Crippen LogP) is 1.68. The Morgan fingerprint density at radius 2 is 2.46 bits per heavy atom. The van der Waals surface area contributed by atoms with E-state index in [-0.39, 0.29) is 5.54 Å². The summed E-state index contributed by atoms with van der Waals surface area (Å²) in [5.74, 6) is 3.22. The van der Waals surface area contributed by atoms with E-state index in [1.54, 1.807) is 0 Å². The van der Waals surface area contributed by atoms with Gasteiger partial charge in [-0.3, -0.25) is 5.32 Å². The SMILES string of the molecule is C#CCNC1(C#N)CCC(CC)C1. The first-order valence-corrected chi connectivity index (χ1v) is 4.86. The number of hydrogen-bond donors (Lipinski definition) is 1. The van der Waals surface area contributed by atoms with Crippen molar-refractivity contribution in [2.75, 3.05) is 6.54 Å². The van der Waals surface area contributed by atoms with Crippen molar-refractivity contribution in [1.82, 2.24) is 5.32 Å². The van der Waals surface area contributed by atoms with Gasteiger partial charge in [0.1, 0.15) is 5.54 Å². The van der Waals surface area contributed by atoms with Crippen LogP contribution in [0.25, 0.3) is 0 Å². The predicted molar refractivity (Wildman–Crippen MR) is 52.8 cm³/mol. The molecule has 0 saturated heterocycles. The van der Waals surface area contributed by atoms with E-state index in [4.69, 9.17) is 11.7 Å². The van der Waals surface area contributed by atoms with E-state index in [1.807, 2.05) is 0 Å². The molecule has 0 aromatic heterocycles. The largest absolute Gasteiger partial charge is 0.288 e. The van der Waals surface area contributed by atoms with Crippen molar-refractivity contribution >= 4 is 0 Å². The van der Waals surface area contributed by atoms with E-state index in [0.29, 0.717) is 12.5 Å². The van der Waals surface area contributed by atoms with Crippen molar-refractivity contribution in [3.63, 3.8) is 0 Å². The highest BCUT2D eigenvalue weighted by Gasteiger charge is 2.37. The summed E-state index contributed by atoms with van der Waals surface area (Å²) in [4.78, 5) is 0. The molecule has 1 fully saturated rings. The maximum Gasteiger partial charge on any atom is 0.107 e. The molecule has 13 heavy (non-hydrogen) atoms. The summed E-state index contributed by atoms with van der Waals surface area (Å²) in [6.45, 7) is 2.68. The van der Waals surface area contributed by atoms with Crippen LogP contribution >= 0.6 is 0 Å². The first-order chi connectivity index (χ1) is 6.26. The van der Waals surface area contributed by atoms with E-state index in [0.717, 1.165) is 19.3 Å². The number of terminal acetylenes is 1. The molecule has 1 saturated carbocycles. The highest BCUT2D eigenvalue weighted by Crippen LogP contribution is 2.35. The first kappa shape index (κ1) is 10.1. The van der Waals surface area contributed by atoms with Crippen LogP contribution in [0.3, 0.4) is 0 Å². The quantitative estimate of drug-likeness (QED) is 0.664. The molecule has 0 radical (unpaired) electrons. The van der Waals surface area contributed by atoms with Gasteiger partial charge in [-0.25, -0.2) is 0 Å². The Labute approximate surface area is 80.3 Å². The van der Waals surface area contributed by atoms with Crippen LogP contribution in [0.15, 0.2) is 0 Å². The lowest BCUT2D eigenvalue weighted by molar-refractivity contribution is 0.418. The maximum atomic E-state index is 9.08. The highest BCUT2D eigenvalue weighted by atomic mass is 15.0. The topological polar surface area (TPSA) is 35.8 Å². The third kappa shape index (κ3) is 2.23. The van der Waals surface area contributed by atoms with Gasteiger partial charge in [0.15, 0.2) is 0 Å². The highest BCUT2D eigenvalue weighted by molar-refractivity contribution is 5.12. The Morgan fingerprint density at radius 3 is 2.92 bits per heavy atom. The van der Waals surface area contributed by atoms with Crippen molar-refractivity contribution in [1.29, 1.82) is 5.26 Å². The molecule has 0 aromatic rings. The van der Waals surface area contributed by atoms with Crippen molar-refractivity contribution < 1.29 is 0 Å². The summed E-state index contributed by atoms with van der Waals surface area (Å²) in [7, 11) is 0. The molecule has 1 aliphatic carbocycles. The molecule has 70 valence electrons. The molecule has 2 unspecified atom stereocenters. The standard InChI is InChI=1S/C11H16N2/c1-3-7-13-11(9-12)6-5-10(4-2)8-11/h1,10,13H,4-8H2,2H3. The molecule has 0 bridgehead atoms. The van der Waals surface area contributed by atoms with Gasteiger partial charge < -0.3 is 0 Å². The monoisotopic (exact) mass is 176 g/mol. The van der Waals surface area contributed by atoms with Gasteiger partial charge >= 0.3 is 0 Å². The Bertz CT molecular complexity index is 246. The summed E-state index contributed by atoms with van der Waals surface area (Å²) >= 11 is 0. The van der Waals surface area contributed by atoms with Crippen LogP contribution in [0.1, 0.15) is 32.6 Å². The maximum absolute atomic E-state index is 9.08. The smallest absolute Gasteiger partial charge is 0.107 e. The number of hydrogen-bond acceptors (Lipinski definition) is 2. The molecule has 1 aliphatic rings. The van der Waals surface area contributed by atoms with E-state index < -0.39 is 0 Å². The van der Waals surface area contributed by atoms with Crippen LogP contribution in [0.4, 0.5) is 0 Å². The third-order valence-corrected chi connectivity index (χ3v) is 2.94. The molecule has 1 rings (SSSR count). The molecule has 2 nitrogen and oxygen atoms in total. The van der Waals surface area contributed by atoms with E-state index in [1.165, 1.54) is 6.42 Å². The fourth-order valence-electron chi connectivity index (χ4n) is 2.02. The van der Waals surface area contributed by atoms with Gasteiger partial charge in [0, 0.05) is 0 Å². The lowest BCUT2D eigenvalue weighted by Gasteiger charge is -2.21. The van der Waals surface area contributed by atoms with Crippen LogP contribution < -0.4 is 5.32 Å². The number of nitrogens with one attached hydrogen (secondary N) is 1. The van der Waals surface area contributed by atoms with Crippen molar-refractivity contribution in [2.24, 2.45) is 5.92 Å². The van der Waals surface area contributed by atoms with Gasteiger partial charge in [0.25, 0.3) is 0 Å². The van der Waals surface area contributed by atoms with Crippen molar-refractivity contribution in [2.45, 2.75) is 38.1 Å². The molecule has 0 amide bonds. The van der Waals surface area contributed by atoms with Gasteiger partial charge in [0.05, 0.1) is 12.6 Å². The first-order valence-electron chi connectivity index (χ1n) is 4.86. The van der Waals surface area contributed by atoms with E-state index >= 15 is 0 Å². The second-order valence-corrected chi connectivity index (χ2v) is 3.77. The van der Waals surface area contributed by atoms with Gasteiger partial charge in [-0.15, -0.1) is 6.42 Å². The van der Waals surface area contributed by atoms with Crippen LogP contribution in [-0.2, 0) is 0 Å². The minimum atomic E-state index is -0.326. The Morgan fingerprint density at radius 1 is 1.69 bits per heavy atom. The second kappa shape index (κ2) is 4.30. The van der Waals surface area contributed by atoms with Crippen LogP contribution in [-0.4, -0.2) is 12.1 Å². The molecule has 2 heteroatoms. The average Bonchev–Trinajstić information content (AvgIpc) is 2.59. The Kier molecular flexibility index (Phi) is 3.34. The molecule has 0 heterocycles. The molecule has 2 atom stereocenters.